The fourth-order valence-corrected chi connectivity index (χ4v) is 4.81. The zero-order chi connectivity index (χ0) is 14.8. The Morgan fingerprint density at radius 2 is 1.90 bits per heavy atom. The van der Waals surface area contributed by atoms with Gasteiger partial charge in [-0.05, 0) is 68.1 Å². The predicted molar refractivity (Wildman–Crippen MR) is 92.9 cm³/mol. The highest BCUT2D eigenvalue weighted by atomic mass is 35.5. The maximum Gasteiger partial charge on any atom is 0.0683 e. The summed E-state index contributed by atoms with van der Waals surface area (Å²) in [5, 5.41) is 4.89. The molecule has 0 saturated heterocycles. The molecule has 21 heavy (non-hydrogen) atoms. The summed E-state index contributed by atoms with van der Waals surface area (Å²) < 4.78 is 0. The van der Waals surface area contributed by atoms with Crippen molar-refractivity contribution in [2.45, 2.75) is 38.1 Å². The number of benzene rings is 1. The molecule has 0 aliphatic heterocycles. The molecule has 112 valence electrons. The van der Waals surface area contributed by atoms with Gasteiger partial charge in [-0.2, -0.15) is 0 Å². The van der Waals surface area contributed by atoms with Crippen LogP contribution < -0.4 is 5.32 Å². The van der Waals surface area contributed by atoms with Gasteiger partial charge in [0.05, 0.1) is 6.04 Å². The lowest BCUT2D eigenvalue weighted by Gasteiger charge is -2.17. The van der Waals surface area contributed by atoms with E-state index in [2.05, 4.69) is 11.4 Å². The van der Waals surface area contributed by atoms with E-state index in [-0.39, 0.29) is 6.04 Å². The van der Waals surface area contributed by atoms with E-state index in [0.29, 0.717) is 0 Å². The normalized spacial score (nSPS) is 16.3. The monoisotopic (exact) mass is 339 g/mol. The quantitative estimate of drug-likeness (QED) is 0.714. The fraction of sp³-hybridized carbons (Fsp3) is 0.412. The van der Waals surface area contributed by atoms with E-state index in [9.17, 15) is 0 Å². The number of rotatable bonds is 3. The number of fused-ring (bicyclic) bond motifs is 1. The summed E-state index contributed by atoms with van der Waals surface area (Å²) in [6, 6.07) is 8.17. The summed E-state index contributed by atoms with van der Waals surface area (Å²) in [6.45, 7) is 0. The Bertz CT molecular complexity index is 612. The average Bonchev–Trinajstić information content (AvgIpc) is 2.74. The summed E-state index contributed by atoms with van der Waals surface area (Å²) in [5.41, 5.74) is 2.59. The molecule has 1 atom stereocenters. The van der Waals surface area contributed by atoms with Crippen LogP contribution in [0.1, 0.15) is 46.2 Å². The molecule has 1 aromatic carbocycles. The van der Waals surface area contributed by atoms with Gasteiger partial charge in [0.1, 0.15) is 0 Å². The maximum absolute atomic E-state index is 6.38. The van der Waals surface area contributed by atoms with Gasteiger partial charge >= 0.3 is 0 Å². The first-order valence-electron chi connectivity index (χ1n) is 7.42. The van der Waals surface area contributed by atoms with Crippen molar-refractivity contribution in [1.29, 1.82) is 0 Å². The topological polar surface area (TPSA) is 12.0 Å². The van der Waals surface area contributed by atoms with Crippen LogP contribution in [0.2, 0.25) is 10.0 Å². The van der Waals surface area contributed by atoms with Crippen LogP contribution in [-0.4, -0.2) is 7.05 Å². The fourth-order valence-electron chi connectivity index (χ4n) is 3.02. The van der Waals surface area contributed by atoms with E-state index in [4.69, 9.17) is 23.2 Å². The van der Waals surface area contributed by atoms with Crippen LogP contribution in [0.3, 0.4) is 0 Å². The predicted octanol–water partition coefficient (Wildman–Crippen LogP) is 5.63. The Labute approximate surface area is 140 Å². The van der Waals surface area contributed by atoms with E-state index >= 15 is 0 Å². The van der Waals surface area contributed by atoms with Crippen molar-refractivity contribution in [2.24, 2.45) is 0 Å². The summed E-state index contributed by atoms with van der Waals surface area (Å²) >= 11 is 14.4. The molecule has 0 fully saturated rings. The van der Waals surface area contributed by atoms with Crippen molar-refractivity contribution >= 4 is 34.5 Å². The van der Waals surface area contributed by atoms with Gasteiger partial charge < -0.3 is 5.32 Å². The number of hydrogen-bond acceptors (Lipinski definition) is 2. The standard InChI is InChI=1S/C17H19Cl2NS/c1-20-17(13-10-12(18)7-8-14(13)19)16-9-11-5-3-2-4-6-15(11)21-16/h7-10,17,20H,2-6H2,1H3. The van der Waals surface area contributed by atoms with Crippen LogP contribution in [0.5, 0.6) is 0 Å². The van der Waals surface area contributed by atoms with Crippen LogP contribution in [0.4, 0.5) is 0 Å². The van der Waals surface area contributed by atoms with Gasteiger partial charge in [0.15, 0.2) is 0 Å². The van der Waals surface area contributed by atoms with Crippen molar-refractivity contribution < 1.29 is 0 Å². The smallest absolute Gasteiger partial charge is 0.0683 e. The molecule has 0 amide bonds. The minimum Gasteiger partial charge on any atom is -0.309 e. The van der Waals surface area contributed by atoms with E-state index in [0.717, 1.165) is 15.6 Å². The highest BCUT2D eigenvalue weighted by Gasteiger charge is 2.21. The lowest BCUT2D eigenvalue weighted by atomic mass is 10.0. The van der Waals surface area contributed by atoms with Crippen molar-refractivity contribution in [1.82, 2.24) is 5.32 Å². The van der Waals surface area contributed by atoms with E-state index in [1.54, 1.807) is 4.88 Å². The number of halogens is 2. The molecule has 1 aliphatic carbocycles. The Morgan fingerprint density at radius 3 is 2.71 bits per heavy atom. The van der Waals surface area contributed by atoms with Gasteiger partial charge in [-0.25, -0.2) is 0 Å². The van der Waals surface area contributed by atoms with Gasteiger partial charge in [-0.15, -0.1) is 11.3 Å². The minimum absolute atomic E-state index is 0.119. The van der Waals surface area contributed by atoms with Gasteiger partial charge in [-0.1, -0.05) is 29.6 Å². The highest BCUT2D eigenvalue weighted by molar-refractivity contribution is 7.12. The molecule has 1 unspecified atom stereocenters. The van der Waals surface area contributed by atoms with Crippen LogP contribution >= 0.6 is 34.5 Å². The third kappa shape index (κ3) is 3.29. The van der Waals surface area contributed by atoms with Crippen molar-refractivity contribution in [2.75, 3.05) is 7.05 Å². The number of hydrogen-bond donors (Lipinski definition) is 1. The summed E-state index contributed by atoms with van der Waals surface area (Å²) in [4.78, 5) is 2.90. The van der Waals surface area contributed by atoms with E-state index in [1.807, 2.05) is 36.6 Å². The molecule has 1 nitrogen and oxygen atoms in total. The molecular weight excluding hydrogens is 321 g/mol. The lowest BCUT2D eigenvalue weighted by Crippen LogP contribution is -2.17. The van der Waals surface area contributed by atoms with Crippen molar-refractivity contribution in [3.8, 4) is 0 Å². The van der Waals surface area contributed by atoms with Gasteiger partial charge in [0, 0.05) is 19.8 Å². The third-order valence-electron chi connectivity index (χ3n) is 4.11. The second-order valence-corrected chi connectivity index (χ2v) is 7.56. The van der Waals surface area contributed by atoms with E-state index < -0.39 is 0 Å². The van der Waals surface area contributed by atoms with Gasteiger partial charge in [0.25, 0.3) is 0 Å². The van der Waals surface area contributed by atoms with Crippen LogP contribution in [-0.2, 0) is 12.8 Å². The molecule has 4 heteroatoms. The summed E-state index contributed by atoms with van der Waals surface area (Å²) in [7, 11) is 1.98. The number of thiophene rings is 1. The number of aryl methyl sites for hydroxylation is 2. The molecule has 1 heterocycles. The third-order valence-corrected chi connectivity index (χ3v) is 5.99. The lowest BCUT2D eigenvalue weighted by molar-refractivity contribution is 0.698. The van der Waals surface area contributed by atoms with Crippen molar-refractivity contribution in [3.63, 3.8) is 0 Å². The average molecular weight is 340 g/mol. The zero-order valence-electron chi connectivity index (χ0n) is 12.1. The molecule has 0 spiro atoms. The van der Waals surface area contributed by atoms with E-state index in [1.165, 1.54) is 42.5 Å². The number of nitrogens with one attached hydrogen (secondary N) is 1. The molecule has 1 N–H and O–H groups in total. The molecule has 3 rings (SSSR count). The molecule has 0 bridgehead atoms. The van der Waals surface area contributed by atoms with Crippen LogP contribution in [0, 0.1) is 0 Å². The van der Waals surface area contributed by atoms with Crippen LogP contribution in [0.25, 0.3) is 0 Å². The van der Waals surface area contributed by atoms with Crippen molar-refractivity contribution in [3.05, 3.63) is 55.2 Å². The maximum atomic E-state index is 6.38. The molecular formula is C17H19Cl2NS. The Balaban J connectivity index is 1.98. The first kappa shape index (κ1) is 15.4. The molecule has 2 aromatic rings. The Kier molecular flexibility index (Phi) is 4.90. The summed E-state index contributed by atoms with van der Waals surface area (Å²) in [5.74, 6) is 0. The van der Waals surface area contributed by atoms with Gasteiger partial charge in [0.2, 0.25) is 0 Å². The molecule has 1 aliphatic rings. The second kappa shape index (κ2) is 6.70. The first-order chi connectivity index (χ1) is 10.2. The highest BCUT2D eigenvalue weighted by Crippen LogP contribution is 2.37. The Hall–Kier alpha value is -0.540. The van der Waals surface area contributed by atoms with Crippen LogP contribution in [0.15, 0.2) is 24.3 Å². The molecule has 0 radical (unpaired) electrons. The Morgan fingerprint density at radius 1 is 1.10 bits per heavy atom. The second-order valence-electron chi connectivity index (χ2n) is 5.55. The molecule has 0 saturated carbocycles. The largest absolute Gasteiger partial charge is 0.309 e. The SMILES string of the molecule is CNC(c1cc2c(s1)CCCCC2)c1cc(Cl)ccc1Cl. The first-order valence-corrected chi connectivity index (χ1v) is 9.00. The van der Waals surface area contributed by atoms with Gasteiger partial charge in [-0.3, -0.25) is 0 Å². The molecule has 1 aromatic heterocycles. The summed E-state index contributed by atoms with van der Waals surface area (Å²) in [6.07, 6.45) is 6.41. The minimum atomic E-state index is 0.119. The zero-order valence-corrected chi connectivity index (χ0v) is 14.4.